The van der Waals surface area contributed by atoms with E-state index in [0.29, 0.717) is 19.5 Å². The molecule has 98 valence electrons. The molecule has 0 amide bonds. The van der Waals surface area contributed by atoms with Crippen molar-refractivity contribution < 1.29 is 13.6 Å². The van der Waals surface area contributed by atoms with Crippen molar-refractivity contribution in [2.24, 2.45) is 5.92 Å². The van der Waals surface area contributed by atoms with E-state index >= 15 is 0 Å². The molecule has 1 aliphatic heterocycles. The van der Waals surface area contributed by atoms with E-state index in [4.69, 9.17) is 0 Å². The summed E-state index contributed by atoms with van der Waals surface area (Å²) < 4.78 is 27.7. The van der Waals surface area contributed by atoms with E-state index in [1.54, 1.807) is 0 Å². The summed E-state index contributed by atoms with van der Waals surface area (Å²) in [6.07, 6.45) is 0.457. The fourth-order valence-electron chi connectivity index (χ4n) is 2.18. The number of nitrogens with zero attached hydrogens (tertiary/aromatic N) is 1. The first-order chi connectivity index (χ1) is 8.49. The first-order valence-corrected chi connectivity index (χ1v) is 6.65. The van der Waals surface area contributed by atoms with Gasteiger partial charge in [-0.3, -0.25) is 9.69 Å². The van der Waals surface area contributed by atoms with E-state index in [2.05, 4.69) is 15.9 Å². The number of piperidine rings is 1. The van der Waals surface area contributed by atoms with Crippen LogP contribution in [0.4, 0.5) is 8.78 Å². The Labute approximate surface area is 113 Å². The fraction of sp³-hybridized carbons (Fsp3) is 0.462. The van der Waals surface area contributed by atoms with Crippen LogP contribution in [0, 0.1) is 17.6 Å². The van der Waals surface area contributed by atoms with Gasteiger partial charge in [0.25, 0.3) is 0 Å². The second-order valence-corrected chi connectivity index (χ2v) is 5.53. The number of carbonyl (C=O) groups excluding carboxylic acids is 1. The first kappa shape index (κ1) is 13.6. The summed E-state index contributed by atoms with van der Waals surface area (Å²) in [5, 5.41) is 0. The standard InChI is InChI=1S/C13H14BrF2NO/c1-8-6-17(5-4-12(8)18)7-9-11(15)3-2-10(14)13(9)16/h2-3,8H,4-7H2,1H3. The van der Waals surface area contributed by atoms with Crippen LogP contribution in [0.1, 0.15) is 18.9 Å². The second kappa shape index (κ2) is 5.45. The monoisotopic (exact) mass is 317 g/mol. The molecule has 5 heteroatoms. The van der Waals surface area contributed by atoms with Gasteiger partial charge >= 0.3 is 0 Å². The van der Waals surface area contributed by atoms with Gasteiger partial charge in [-0.1, -0.05) is 6.92 Å². The number of benzene rings is 1. The van der Waals surface area contributed by atoms with Crippen molar-refractivity contribution in [3.63, 3.8) is 0 Å². The van der Waals surface area contributed by atoms with E-state index in [1.807, 2.05) is 11.8 Å². The molecule has 18 heavy (non-hydrogen) atoms. The molecule has 1 saturated heterocycles. The van der Waals surface area contributed by atoms with Crippen molar-refractivity contribution >= 4 is 21.7 Å². The lowest BCUT2D eigenvalue weighted by molar-refractivity contribution is -0.125. The van der Waals surface area contributed by atoms with Crippen LogP contribution in [-0.4, -0.2) is 23.8 Å². The zero-order valence-corrected chi connectivity index (χ0v) is 11.6. The van der Waals surface area contributed by atoms with Gasteiger partial charge in [-0.05, 0) is 28.1 Å². The summed E-state index contributed by atoms with van der Waals surface area (Å²) in [4.78, 5) is 13.3. The molecule has 0 bridgehead atoms. The highest BCUT2D eigenvalue weighted by Crippen LogP contribution is 2.24. The molecule has 2 rings (SSSR count). The van der Waals surface area contributed by atoms with Gasteiger partial charge in [0.15, 0.2) is 0 Å². The normalized spacial score (nSPS) is 21.3. The number of carbonyl (C=O) groups is 1. The lowest BCUT2D eigenvalue weighted by Crippen LogP contribution is -2.39. The minimum atomic E-state index is -0.556. The minimum absolute atomic E-state index is 0.0583. The third kappa shape index (κ3) is 2.78. The van der Waals surface area contributed by atoms with E-state index in [9.17, 15) is 13.6 Å². The molecule has 0 saturated carbocycles. The molecule has 1 aromatic carbocycles. The van der Waals surface area contributed by atoms with Crippen molar-refractivity contribution in [1.29, 1.82) is 0 Å². The summed E-state index contributed by atoms with van der Waals surface area (Å²) in [5.74, 6) is -0.932. The van der Waals surface area contributed by atoms with Crippen molar-refractivity contribution in [2.75, 3.05) is 13.1 Å². The highest BCUT2D eigenvalue weighted by Gasteiger charge is 2.25. The quantitative estimate of drug-likeness (QED) is 0.781. The van der Waals surface area contributed by atoms with Crippen molar-refractivity contribution in [2.45, 2.75) is 19.9 Å². The maximum atomic E-state index is 13.8. The summed E-state index contributed by atoms with van der Waals surface area (Å²) in [6, 6.07) is 2.61. The summed E-state index contributed by atoms with van der Waals surface area (Å²) in [6.45, 7) is 3.18. The van der Waals surface area contributed by atoms with Crippen molar-refractivity contribution in [1.82, 2.24) is 4.90 Å². The van der Waals surface area contributed by atoms with Gasteiger partial charge in [-0.2, -0.15) is 0 Å². The topological polar surface area (TPSA) is 20.3 Å². The predicted molar refractivity (Wildman–Crippen MR) is 68.1 cm³/mol. The molecule has 0 spiro atoms. The molecule has 1 unspecified atom stereocenters. The zero-order chi connectivity index (χ0) is 13.3. The number of rotatable bonds is 2. The Morgan fingerprint density at radius 2 is 2.17 bits per heavy atom. The highest BCUT2D eigenvalue weighted by molar-refractivity contribution is 9.10. The molecule has 2 nitrogen and oxygen atoms in total. The third-order valence-electron chi connectivity index (χ3n) is 3.28. The van der Waals surface area contributed by atoms with E-state index < -0.39 is 11.6 Å². The Balaban J connectivity index is 2.15. The molecule has 1 aliphatic rings. The van der Waals surface area contributed by atoms with Gasteiger partial charge in [0.05, 0.1) is 4.47 Å². The molecule has 0 radical (unpaired) electrons. The number of ketones is 1. The number of Topliss-reactive ketones (excluding diaryl/α,β-unsaturated/α-hetero) is 1. The molecule has 1 atom stereocenters. The number of halogens is 3. The third-order valence-corrected chi connectivity index (χ3v) is 3.89. The van der Waals surface area contributed by atoms with Crippen molar-refractivity contribution in [3.8, 4) is 0 Å². The largest absolute Gasteiger partial charge is 0.299 e. The average molecular weight is 318 g/mol. The van der Waals surface area contributed by atoms with Gasteiger partial charge in [0.1, 0.15) is 17.4 Å². The summed E-state index contributed by atoms with van der Waals surface area (Å²) >= 11 is 3.05. The Morgan fingerprint density at radius 1 is 1.44 bits per heavy atom. The van der Waals surface area contributed by atoms with Gasteiger partial charge < -0.3 is 0 Å². The molecule has 1 heterocycles. The average Bonchev–Trinajstić information content (AvgIpc) is 2.34. The first-order valence-electron chi connectivity index (χ1n) is 5.86. The van der Waals surface area contributed by atoms with E-state index in [0.717, 1.165) is 0 Å². The van der Waals surface area contributed by atoms with Crippen LogP contribution in [0.25, 0.3) is 0 Å². The van der Waals surface area contributed by atoms with Crippen LogP contribution in [0.3, 0.4) is 0 Å². The van der Waals surface area contributed by atoms with Crippen LogP contribution >= 0.6 is 15.9 Å². The maximum Gasteiger partial charge on any atom is 0.144 e. The van der Waals surface area contributed by atoms with E-state index in [1.165, 1.54) is 12.1 Å². The number of hydrogen-bond donors (Lipinski definition) is 0. The minimum Gasteiger partial charge on any atom is -0.299 e. The molecule has 1 aromatic rings. The Bertz CT molecular complexity index is 478. The zero-order valence-electron chi connectivity index (χ0n) is 10.0. The van der Waals surface area contributed by atoms with Crippen LogP contribution in [-0.2, 0) is 11.3 Å². The molecule has 0 aliphatic carbocycles. The smallest absolute Gasteiger partial charge is 0.144 e. The van der Waals surface area contributed by atoms with Crippen LogP contribution in [0.2, 0.25) is 0 Å². The maximum absolute atomic E-state index is 13.8. The molecule has 0 aromatic heterocycles. The summed E-state index contributed by atoms with van der Waals surface area (Å²) in [5.41, 5.74) is 0.0610. The van der Waals surface area contributed by atoms with Gasteiger partial charge in [-0.15, -0.1) is 0 Å². The molecular weight excluding hydrogens is 304 g/mol. The second-order valence-electron chi connectivity index (χ2n) is 4.67. The van der Waals surface area contributed by atoms with Crippen LogP contribution in [0.5, 0.6) is 0 Å². The lowest BCUT2D eigenvalue weighted by Gasteiger charge is -2.30. The molecule has 0 N–H and O–H groups in total. The molecule has 1 fully saturated rings. The SMILES string of the molecule is CC1CN(Cc2c(F)ccc(Br)c2F)CCC1=O. The summed E-state index contributed by atoms with van der Waals surface area (Å²) in [7, 11) is 0. The fourth-order valence-corrected chi connectivity index (χ4v) is 2.55. The van der Waals surface area contributed by atoms with Crippen LogP contribution < -0.4 is 0 Å². The number of likely N-dealkylation sites (tertiary alicyclic amines) is 1. The predicted octanol–water partition coefficient (Wildman–Crippen LogP) is 3.14. The van der Waals surface area contributed by atoms with Crippen LogP contribution in [0.15, 0.2) is 16.6 Å². The van der Waals surface area contributed by atoms with Gasteiger partial charge in [-0.25, -0.2) is 8.78 Å². The lowest BCUT2D eigenvalue weighted by atomic mass is 9.98. The Morgan fingerprint density at radius 3 is 2.83 bits per heavy atom. The van der Waals surface area contributed by atoms with E-state index in [-0.39, 0.29) is 28.3 Å². The highest BCUT2D eigenvalue weighted by atomic mass is 79.9. The van der Waals surface area contributed by atoms with Crippen molar-refractivity contribution in [3.05, 3.63) is 33.8 Å². The van der Waals surface area contributed by atoms with Gasteiger partial charge in [0.2, 0.25) is 0 Å². The molecular formula is C13H14BrF2NO. The Kier molecular flexibility index (Phi) is 4.12. The Hall–Kier alpha value is -0.810. The van der Waals surface area contributed by atoms with Gasteiger partial charge in [0, 0.05) is 37.5 Å². The number of hydrogen-bond acceptors (Lipinski definition) is 2.